The molecule has 1 aliphatic carbocycles. The van der Waals surface area contributed by atoms with E-state index in [9.17, 15) is 4.79 Å². The van der Waals surface area contributed by atoms with Crippen LogP contribution in [0, 0.1) is 5.92 Å². The number of nitrogens with one attached hydrogen (secondary N) is 1. The summed E-state index contributed by atoms with van der Waals surface area (Å²) in [5.41, 5.74) is 2.40. The smallest absolute Gasteiger partial charge is 0.341 e. The predicted molar refractivity (Wildman–Crippen MR) is 112 cm³/mol. The Morgan fingerprint density at radius 3 is 2.75 bits per heavy atom. The minimum Gasteiger partial charge on any atom is -0.482 e. The first kappa shape index (κ1) is 19.2. The van der Waals surface area contributed by atoms with Crippen molar-refractivity contribution in [3.8, 4) is 17.2 Å². The highest BCUT2D eigenvalue weighted by Gasteiger charge is 2.19. The van der Waals surface area contributed by atoms with Gasteiger partial charge in [-0.25, -0.2) is 4.79 Å². The summed E-state index contributed by atoms with van der Waals surface area (Å²) in [5, 5.41) is 10.2. The molecular formula is C21H19BrClNO4. The van der Waals surface area contributed by atoms with Crippen molar-refractivity contribution in [2.75, 3.05) is 6.61 Å². The number of aromatic nitrogens is 1. The lowest BCUT2D eigenvalue weighted by atomic mass is 9.81. The zero-order valence-electron chi connectivity index (χ0n) is 15.0. The highest BCUT2D eigenvalue weighted by Crippen LogP contribution is 2.41. The topological polar surface area (TPSA) is 71.6 Å². The average molecular weight is 465 g/mol. The fourth-order valence-corrected chi connectivity index (χ4v) is 4.26. The molecule has 0 amide bonds. The summed E-state index contributed by atoms with van der Waals surface area (Å²) in [5.74, 6) is 1.23. The first-order valence-electron chi connectivity index (χ1n) is 9.11. The van der Waals surface area contributed by atoms with E-state index in [2.05, 4.69) is 27.1 Å². The SMILES string of the molecule is O=C(O)COc1cc(Cl)c(Oc2ccc3[nH]cc(CC4CCC4)c3c2)c(Br)c1. The molecule has 146 valence electrons. The van der Waals surface area contributed by atoms with E-state index in [1.54, 1.807) is 12.1 Å². The lowest BCUT2D eigenvalue weighted by Crippen LogP contribution is -2.13. The number of benzene rings is 2. The summed E-state index contributed by atoms with van der Waals surface area (Å²) >= 11 is 9.76. The number of fused-ring (bicyclic) bond motifs is 1. The number of H-pyrrole nitrogens is 1. The van der Waals surface area contributed by atoms with Crippen LogP contribution in [-0.2, 0) is 11.2 Å². The van der Waals surface area contributed by atoms with Gasteiger partial charge in [-0.2, -0.15) is 0 Å². The van der Waals surface area contributed by atoms with E-state index in [-0.39, 0.29) is 0 Å². The van der Waals surface area contributed by atoms with Crippen molar-refractivity contribution >= 4 is 44.4 Å². The fraction of sp³-hybridized carbons (Fsp3) is 0.286. The third kappa shape index (κ3) is 4.13. The predicted octanol–water partition coefficient (Wildman–Crippen LogP) is 6.18. The number of rotatable bonds is 7. The molecule has 0 bridgehead atoms. The van der Waals surface area contributed by atoms with E-state index >= 15 is 0 Å². The molecular weight excluding hydrogens is 446 g/mol. The van der Waals surface area contributed by atoms with Crippen molar-refractivity contribution in [2.24, 2.45) is 5.92 Å². The number of aliphatic carboxylic acids is 1. The standard InChI is InChI=1S/C21H19BrClNO4/c22-17-8-15(27-11-20(25)26)9-18(23)21(17)28-14-4-5-19-16(7-14)13(10-24-19)6-12-2-1-3-12/h4-5,7-10,12,24H,1-3,6,11H2,(H,25,26). The second-order valence-corrected chi connectivity index (χ2v) is 8.28. The van der Waals surface area contributed by atoms with Crippen LogP contribution in [0.1, 0.15) is 24.8 Å². The third-order valence-electron chi connectivity index (χ3n) is 5.03. The van der Waals surface area contributed by atoms with Gasteiger partial charge < -0.3 is 19.6 Å². The van der Waals surface area contributed by atoms with Gasteiger partial charge in [-0.05, 0) is 58.1 Å². The Balaban J connectivity index is 1.57. The summed E-state index contributed by atoms with van der Waals surface area (Å²) in [7, 11) is 0. The largest absolute Gasteiger partial charge is 0.482 e. The number of carboxylic acids is 1. The van der Waals surface area contributed by atoms with E-state index in [0.717, 1.165) is 23.2 Å². The van der Waals surface area contributed by atoms with Crippen LogP contribution in [-0.4, -0.2) is 22.7 Å². The van der Waals surface area contributed by atoms with Gasteiger partial charge in [0.25, 0.3) is 0 Å². The van der Waals surface area contributed by atoms with Crippen LogP contribution in [0.4, 0.5) is 0 Å². The summed E-state index contributed by atoms with van der Waals surface area (Å²) in [6.07, 6.45) is 7.12. The molecule has 0 saturated heterocycles. The van der Waals surface area contributed by atoms with Gasteiger partial charge in [0.05, 0.1) is 9.50 Å². The van der Waals surface area contributed by atoms with Gasteiger partial charge in [-0.1, -0.05) is 30.9 Å². The van der Waals surface area contributed by atoms with Crippen molar-refractivity contribution in [3.63, 3.8) is 0 Å². The maximum atomic E-state index is 10.7. The lowest BCUT2D eigenvalue weighted by molar-refractivity contribution is -0.139. The Morgan fingerprint density at radius 2 is 2.07 bits per heavy atom. The molecule has 1 heterocycles. The molecule has 1 aliphatic rings. The number of carboxylic acid groups (broad SMARTS) is 1. The number of ether oxygens (including phenoxy) is 2. The lowest BCUT2D eigenvalue weighted by Gasteiger charge is -2.24. The van der Waals surface area contributed by atoms with Crippen LogP contribution in [0.5, 0.6) is 17.2 Å². The van der Waals surface area contributed by atoms with Gasteiger partial charge in [0.2, 0.25) is 0 Å². The molecule has 2 aromatic carbocycles. The Morgan fingerprint density at radius 1 is 1.25 bits per heavy atom. The number of aromatic amines is 1. The number of carbonyl (C=O) groups is 1. The van der Waals surface area contributed by atoms with Gasteiger partial charge in [-0.15, -0.1) is 0 Å². The molecule has 0 atom stereocenters. The zero-order chi connectivity index (χ0) is 19.7. The maximum Gasteiger partial charge on any atom is 0.341 e. The summed E-state index contributed by atoms with van der Waals surface area (Å²) in [6.45, 7) is -0.434. The van der Waals surface area contributed by atoms with E-state index < -0.39 is 12.6 Å². The zero-order valence-corrected chi connectivity index (χ0v) is 17.3. The molecule has 4 rings (SSSR count). The van der Waals surface area contributed by atoms with Crippen molar-refractivity contribution in [1.82, 2.24) is 4.98 Å². The maximum absolute atomic E-state index is 10.7. The van der Waals surface area contributed by atoms with Crippen molar-refractivity contribution in [1.29, 1.82) is 0 Å². The van der Waals surface area contributed by atoms with Crippen molar-refractivity contribution in [3.05, 3.63) is 51.6 Å². The molecule has 1 fully saturated rings. The summed E-state index contributed by atoms with van der Waals surface area (Å²) in [6, 6.07) is 9.10. The molecule has 28 heavy (non-hydrogen) atoms. The quantitative estimate of drug-likeness (QED) is 0.438. The molecule has 2 N–H and O–H groups in total. The molecule has 1 saturated carbocycles. The highest BCUT2D eigenvalue weighted by atomic mass is 79.9. The van der Waals surface area contributed by atoms with Crippen LogP contribution in [0.25, 0.3) is 10.9 Å². The van der Waals surface area contributed by atoms with E-state index in [1.807, 2.05) is 18.2 Å². The summed E-state index contributed by atoms with van der Waals surface area (Å²) in [4.78, 5) is 14.0. The fourth-order valence-electron chi connectivity index (χ4n) is 3.38. The molecule has 5 nitrogen and oxygen atoms in total. The average Bonchev–Trinajstić information content (AvgIpc) is 3.01. The Kier molecular flexibility index (Phi) is 5.51. The van der Waals surface area contributed by atoms with Gasteiger partial charge in [0, 0.05) is 23.2 Å². The minimum atomic E-state index is -1.05. The van der Waals surface area contributed by atoms with Crippen LogP contribution < -0.4 is 9.47 Å². The molecule has 0 aliphatic heterocycles. The first-order chi connectivity index (χ1) is 13.5. The van der Waals surface area contributed by atoms with E-state index in [1.165, 1.54) is 24.8 Å². The summed E-state index contributed by atoms with van der Waals surface area (Å²) < 4.78 is 11.8. The Bertz CT molecular complexity index is 1010. The van der Waals surface area contributed by atoms with Gasteiger partial charge in [0.15, 0.2) is 12.4 Å². The van der Waals surface area contributed by atoms with Crippen LogP contribution in [0.15, 0.2) is 41.0 Å². The van der Waals surface area contributed by atoms with E-state index in [4.69, 9.17) is 26.2 Å². The van der Waals surface area contributed by atoms with Gasteiger partial charge in [0.1, 0.15) is 11.5 Å². The molecule has 0 unspecified atom stereocenters. The number of halogens is 2. The van der Waals surface area contributed by atoms with Crippen LogP contribution in [0.3, 0.4) is 0 Å². The van der Waals surface area contributed by atoms with Gasteiger partial charge >= 0.3 is 5.97 Å². The molecule has 0 spiro atoms. The van der Waals surface area contributed by atoms with Crippen molar-refractivity contribution < 1.29 is 19.4 Å². The molecule has 0 radical (unpaired) electrons. The third-order valence-corrected chi connectivity index (χ3v) is 5.90. The Hall–Kier alpha value is -2.18. The molecule has 1 aromatic heterocycles. The number of hydrogen-bond donors (Lipinski definition) is 2. The number of hydrogen-bond acceptors (Lipinski definition) is 3. The normalized spacial score (nSPS) is 14.1. The van der Waals surface area contributed by atoms with Crippen LogP contribution in [0.2, 0.25) is 5.02 Å². The Labute approximate surface area is 175 Å². The van der Waals surface area contributed by atoms with Gasteiger partial charge in [-0.3, -0.25) is 0 Å². The minimum absolute atomic E-state index is 0.332. The monoisotopic (exact) mass is 463 g/mol. The highest BCUT2D eigenvalue weighted by molar-refractivity contribution is 9.10. The molecule has 3 aromatic rings. The second-order valence-electron chi connectivity index (χ2n) is 7.02. The van der Waals surface area contributed by atoms with E-state index in [0.29, 0.717) is 26.7 Å². The van der Waals surface area contributed by atoms with Crippen molar-refractivity contribution in [2.45, 2.75) is 25.7 Å². The second kappa shape index (κ2) is 8.05. The first-order valence-corrected chi connectivity index (χ1v) is 10.3. The molecule has 7 heteroatoms. The van der Waals surface area contributed by atoms with Crippen LogP contribution >= 0.6 is 27.5 Å².